The Labute approximate surface area is 87.8 Å². The summed E-state index contributed by atoms with van der Waals surface area (Å²) in [7, 11) is 0. The van der Waals surface area contributed by atoms with E-state index in [-0.39, 0.29) is 5.71 Å². The van der Waals surface area contributed by atoms with Crippen LogP contribution in [0.25, 0.3) is 0 Å². The summed E-state index contributed by atoms with van der Waals surface area (Å²) in [6.07, 6.45) is 0.530. The highest BCUT2D eigenvalue weighted by Gasteiger charge is 2.19. The minimum absolute atomic E-state index is 0.255. The maximum absolute atomic E-state index is 10.6. The van der Waals surface area contributed by atoms with Gasteiger partial charge in [-0.15, -0.1) is 0 Å². The van der Waals surface area contributed by atoms with Gasteiger partial charge >= 0.3 is 5.97 Å². The quantitative estimate of drug-likeness (QED) is 0.808. The van der Waals surface area contributed by atoms with E-state index >= 15 is 0 Å². The number of carbonyl (C=O) groups is 1. The van der Waals surface area contributed by atoms with Crippen molar-refractivity contribution >= 4 is 11.7 Å². The zero-order valence-corrected chi connectivity index (χ0v) is 8.26. The molecule has 1 aromatic carbocycles. The molecular formula is C11H12N2O2. The molecular weight excluding hydrogens is 192 g/mol. The number of nitrogens with zero attached hydrogens (tertiary/aromatic N) is 2. The SMILES string of the molecule is O=C(O)C1=NN(Cc2ccccc2)CC1. The highest BCUT2D eigenvalue weighted by molar-refractivity contribution is 6.35. The first-order chi connectivity index (χ1) is 7.25. The van der Waals surface area contributed by atoms with Gasteiger partial charge in [0.1, 0.15) is 5.71 Å². The van der Waals surface area contributed by atoms with Crippen LogP contribution in [-0.4, -0.2) is 28.3 Å². The maximum Gasteiger partial charge on any atom is 0.352 e. The molecule has 1 aromatic rings. The average Bonchev–Trinajstić information content (AvgIpc) is 2.68. The van der Waals surface area contributed by atoms with Crippen molar-refractivity contribution in [2.75, 3.05) is 6.54 Å². The smallest absolute Gasteiger partial charge is 0.352 e. The molecule has 4 nitrogen and oxygen atoms in total. The van der Waals surface area contributed by atoms with Gasteiger partial charge in [0, 0.05) is 13.0 Å². The molecule has 0 amide bonds. The largest absolute Gasteiger partial charge is 0.477 e. The molecule has 0 aromatic heterocycles. The first-order valence-electron chi connectivity index (χ1n) is 4.85. The summed E-state index contributed by atoms with van der Waals surface area (Å²) in [5, 5.41) is 14.6. The number of rotatable bonds is 3. The molecule has 0 radical (unpaired) electrons. The first kappa shape index (κ1) is 9.71. The fourth-order valence-corrected chi connectivity index (χ4v) is 1.56. The molecule has 0 atom stereocenters. The van der Waals surface area contributed by atoms with Crippen molar-refractivity contribution < 1.29 is 9.90 Å². The van der Waals surface area contributed by atoms with Crippen molar-refractivity contribution in [3.63, 3.8) is 0 Å². The predicted molar refractivity (Wildman–Crippen MR) is 56.5 cm³/mol. The third kappa shape index (κ3) is 2.34. The van der Waals surface area contributed by atoms with E-state index in [9.17, 15) is 4.79 Å². The Bertz CT molecular complexity index is 387. The lowest BCUT2D eigenvalue weighted by molar-refractivity contribution is -0.129. The second kappa shape index (κ2) is 4.13. The van der Waals surface area contributed by atoms with E-state index < -0.39 is 5.97 Å². The summed E-state index contributed by atoms with van der Waals surface area (Å²) >= 11 is 0. The highest BCUT2D eigenvalue weighted by atomic mass is 16.4. The van der Waals surface area contributed by atoms with Gasteiger partial charge in [-0.1, -0.05) is 30.3 Å². The molecule has 78 valence electrons. The van der Waals surface area contributed by atoms with Gasteiger partial charge in [0.2, 0.25) is 0 Å². The molecule has 1 heterocycles. The van der Waals surface area contributed by atoms with E-state index in [1.807, 2.05) is 30.3 Å². The van der Waals surface area contributed by atoms with Crippen molar-refractivity contribution in [1.82, 2.24) is 5.01 Å². The van der Waals surface area contributed by atoms with E-state index in [0.29, 0.717) is 19.5 Å². The van der Waals surface area contributed by atoms with Crippen LogP contribution in [0.2, 0.25) is 0 Å². The maximum atomic E-state index is 10.6. The molecule has 0 bridgehead atoms. The molecule has 1 aliphatic rings. The topological polar surface area (TPSA) is 52.9 Å². The van der Waals surface area contributed by atoms with E-state index in [2.05, 4.69) is 5.10 Å². The number of hydrazone groups is 1. The number of aliphatic carboxylic acids is 1. The van der Waals surface area contributed by atoms with Crippen LogP contribution in [0.1, 0.15) is 12.0 Å². The molecule has 0 spiro atoms. The molecule has 1 aliphatic heterocycles. The lowest BCUT2D eigenvalue weighted by atomic mass is 10.2. The van der Waals surface area contributed by atoms with Gasteiger partial charge < -0.3 is 5.11 Å². The van der Waals surface area contributed by atoms with Crippen molar-refractivity contribution in [3.8, 4) is 0 Å². The second-order valence-electron chi connectivity index (χ2n) is 3.48. The van der Waals surface area contributed by atoms with Crippen molar-refractivity contribution in [2.45, 2.75) is 13.0 Å². The van der Waals surface area contributed by atoms with Gasteiger partial charge in [-0.25, -0.2) is 4.79 Å². The predicted octanol–water partition coefficient (Wildman–Crippen LogP) is 1.33. The van der Waals surface area contributed by atoms with Crippen LogP contribution in [0.15, 0.2) is 35.4 Å². The fraction of sp³-hybridized carbons (Fsp3) is 0.273. The monoisotopic (exact) mass is 204 g/mol. The normalized spacial score (nSPS) is 15.2. The Balaban J connectivity index is 2.01. The number of carboxylic acids is 1. The lowest BCUT2D eigenvalue weighted by Gasteiger charge is -2.12. The van der Waals surface area contributed by atoms with Crippen LogP contribution < -0.4 is 0 Å². The van der Waals surface area contributed by atoms with Gasteiger partial charge in [-0.3, -0.25) is 5.01 Å². The minimum atomic E-state index is -0.912. The third-order valence-electron chi connectivity index (χ3n) is 2.32. The van der Waals surface area contributed by atoms with E-state index in [0.717, 1.165) is 5.56 Å². The zero-order valence-electron chi connectivity index (χ0n) is 8.26. The van der Waals surface area contributed by atoms with E-state index in [1.165, 1.54) is 0 Å². The third-order valence-corrected chi connectivity index (χ3v) is 2.32. The summed E-state index contributed by atoms with van der Waals surface area (Å²) in [6.45, 7) is 1.37. The Hall–Kier alpha value is -1.84. The molecule has 0 unspecified atom stereocenters. The number of carboxylic acid groups (broad SMARTS) is 1. The summed E-state index contributed by atoms with van der Waals surface area (Å²) < 4.78 is 0. The Kier molecular flexibility index (Phi) is 2.67. The van der Waals surface area contributed by atoms with Crippen LogP contribution >= 0.6 is 0 Å². The molecule has 0 fully saturated rings. The standard InChI is InChI=1S/C11H12N2O2/c14-11(15)10-6-7-13(12-10)8-9-4-2-1-3-5-9/h1-5H,6-8H2,(H,14,15). The van der Waals surface area contributed by atoms with E-state index in [1.54, 1.807) is 5.01 Å². The molecule has 0 saturated heterocycles. The number of benzene rings is 1. The Morgan fingerprint density at radius 1 is 1.40 bits per heavy atom. The molecule has 4 heteroatoms. The van der Waals surface area contributed by atoms with Gasteiger partial charge in [0.05, 0.1) is 6.54 Å². The van der Waals surface area contributed by atoms with Crippen LogP contribution in [0.3, 0.4) is 0 Å². The fourth-order valence-electron chi connectivity index (χ4n) is 1.56. The van der Waals surface area contributed by atoms with Gasteiger partial charge in [0.25, 0.3) is 0 Å². The first-order valence-corrected chi connectivity index (χ1v) is 4.85. The van der Waals surface area contributed by atoms with Crippen LogP contribution in [0.5, 0.6) is 0 Å². The van der Waals surface area contributed by atoms with E-state index in [4.69, 9.17) is 5.11 Å². The summed E-state index contributed by atoms with van der Waals surface area (Å²) in [6, 6.07) is 9.91. The van der Waals surface area contributed by atoms with Crippen LogP contribution in [0.4, 0.5) is 0 Å². The van der Waals surface area contributed by atoms with Crippen molar-refractivity contribution in [2.24, 2.45) is 5.10 Å². The zero-order chi connectivity index (χ0) is 10.7. The van der Waals surface area contributed by atoms with Crippen LogP contribution in [0, 0.1) is 0 Å². The highest BCUT2D eigenvalue weighted by Crippen LogP contribution is 2.11. The molecule has 2 rings (SSSR count). The Morgan fingerprint density at radius 3 is 2.73 bits per heavy atom. The summed E-state index contributed by atoms with van der Waals surface area (Å²) in [5.74, 6) is -0.912. The van der Waals surface area contributed by atoms with Crippen molar-refractivity contribution in [3.05, 3.63) is 35.9 Å². The number of hydrogen-bond donors (Lipinski definition) is 1. The molecule has 0 saturated carbocycles. The lowest BCUT2D eigenvalue weighted by Crippen LogP contribution is -2.12. The van der Waals surface area contributed by atoms with Gasteiger partial charge in [0.15, 0.2) is 0 Å². The molecule has 1 N–H and O–H groups in total. The average molecular weight is 204 g/mol. The second-order valence-corrected chi connectivity index (χ2v) is 3.48. The summed E-state index contributed by atoms with van der Waals surface area (Å²) in [4.78, 5) is 10.6. The summed E-state index contributed by atoms with van der Waals surface area (Å²) in [5.41, 5.74) is 1.40. The van der Waals surface area contributed by atoms with Gasteiger partial charge in [-0.05, 0) is 5.56 Å². The molecule has 15 heavy (non-hydrogen) atoms. The van der Waals surface area contributed by atoms with Gasteiger partial charge in [-0.2, -0.15) is 5.10 Å². The molecule has 0 aliphatic carbocycles. The number of hydrogen-bond acceptors (Lipinski definition) is 3. The van der Waals surface area contributed by atoms with Crippen molar-refractivity contribution in [1.29, 1.82) is 0 Å². The minimum Gasteiger partial charge on any atom is -0.477 e. The Morgan fingerprint density at radius 2 is 2.13 bits per heavy atom. The van der Waals surface area contributed by atoms with Crippen LogP contribution in [-0.2, 0) is 11.3 Å².